The Morgan fingerprint density at radius 1 is 0.269 bits per heavy atom. The molecule has 364 valence electrons. The highest BCUT2D eigenvalue weighted by molar-refractivity contribution is 7.99. The van der Waals surface area contributed by atoms with Crippen LogP contribution in [0, 0.1) is 0 Å². The molecule has 0 atom stereocenters. The van der Waals surface area contributed by atoms with Crippen LogP contribution in [0.15, 0.2) is 295 Å². The quantitative estimate of drug-likeness (QED) is 0.170. The van der Waals surface area contributed by atoms with Crippen LogP contribution < -0.4 is 9.64 Å². The molecule has 78 heavy (non-hydrogen) atoms. The maximum Gasteiger partial charge on any atom is 0.132 e. The normalized spacial score (nSPS) is 15.0. The average Bonchev–Trinajstić information content (AvgIpc) is 4.26. The lowest BCUT2D eigenvalue weighted by Crippen LogP contribution is -2.32. The highest BCUT2D eigenvalue weighted by Crippen LogP contribution is 2.67. The molecule has 3 aliphatic carbocycles. The molecule has 0 radical (unpaired) electrons. The van der Waals surface area contributed by atoms with Crippen LogP contribution in [0.3, 0.4) is 0 Å². The molecule has 5 aliphatic rings. The molecule has 0 aromatic heterocycles. The molecule has 0 saturated carbocycles. The van der Waals surface area contributed by atoms with Crippen LogP contribution in [0.25, 0.3) is 33.4 Å². The van der Waals surface area contributed by atoms with Crippen LogP contribution in [-0.4, -0.2) is 0 Å². The van der Waals surface area contributed by atoms with E-state index in [4.69, 9.17) is 4.74 Å². The van der Waals surface area contributed by atoms with Crippen LogP contribution in [-0.2, 0) is 16.2 Å². The molecule has 12 aromatic carbocycles. The van der Waals surface area contributed by atoms with Gasteiger partial charge in [-0.1, -0.05) is 248 Å². The fourth-order valence-corrected chi connectivity index (χ4v) is 16.3. The highest BCUT2D eigenvalue weighted by atomic mass is 32.2. The summed E-state index contributed by atoms with van der Waals surface area (Å²) in [6.45, 7) is 0. The molecule has 0 N–H and O–H groups in total. The van der Waals surface area contributed by atoms with E-state index < -0.39 is 16.2 Å². The predicted molar refractivity (Wildman–Crippen MR) is 317 cm³/mol. The first kappa shape index (κ1) is 43.8. The molecule has 17 rings (SSSR count). The Hall–Kier alpha value is -9.41. The van der Waals surface area contributed by atoms with E-state index in [-0.39, 0.29) is 0 Å². The summed E-state index contributed by atoms with van der Waals surface area (Å²) in [4.78, 5) is 5.21. The Labute approximate surface area is 458 Å². The van der Waals surface area contributed by atoms with Gasteiger partial charge in [-0.05, 0) is 126 Å². The number of anilines is 3. The first-order valence-corrected chi connectivity index (χ1v) is 27.9. The van der Waals surface area contributed by atoms with Crippen LogP contribution in [0.2, 0.25) is 0 Å². The van der Waals surface area contributed by atoms with E-state index in [1.54, 1.807) is 0 Å². The molecule has 0 saturated heterocycles. The van der Waals surface area contributed by atoms with Crippen molar-refractivity contribution in [3.05, 3.63) is 352 Å². The Morgan fingerprint density at radius 3 is 1.21 bits per heavy atom. The number of fused-ring (bicyclic) bond motifs is 21. The monoisotopic (exact) mass is 1010 g/mol. The predicted octanol–water partition coefficient (Wildman–Crippen LogP) is 18.8. The van der Waals surface area contributed by atoms with Crippen molar-refractivity contribution in [2.24, 2.45) is 0 Å². The summed E-state index contributed by atoms with van der Waals surface area (Å²) >= 11 is 1.89. The molecule has 2 nitrogen and oxygen atoms in total. The zero-order chi connectivity index (χ0) is 51.2. The third kappa shape index (κ3) is 5.48. The zero-order valence-electron chi connectivity index (χ0n) is 42.4. The van der Waals surface area contributed by atoms with Crippen LogP contribution >= 0.6 is 11.8 Å². The Balaban J connectivity index is 0.999. The second-order valence-electron chi connectivity index (χ2n) is 21.3. The van der Waals surface area contributed by atoms with Gasteiger partial charge in [0.2, 0.25) is 0 Å². The van der Waals surface area contributed by atoms with Gasteiger partial charge in [0.25, 0.3) is 0 Å². The summed E-state index contributed by atoms with van der Waals surface area (Å²) < 4.78 is 6.78. The van der Waals surface area contributed by atoms with E-state index >= 15 is 0 Å². The number of para-hydroxylation sites is 2. The lowest BCUT2D eigenvalue weighted by molar-refractivity contribution is 0.436. The SMILES string of the molecule is c1ccc(C2(c3ccccc3)c3ccccc3-c3c(N(c4ccc5c(c4)-c4ccccc4C54c5ccccc5Oc5ccccc54)c4cccc5c4-c4ccccc4C54c5ccccc5Sc5ccccc54)cccc32)cc1. The summed E-state index contributed by atoms with van der Waals surface area (Å²) in [5.74, 6) is 1.78. The Bertz CT molecular complexity index is 4350. The van der Waals surface area contributed by atoms with E-state index in [0.29, 0.717) is 0 Å². The van der Waals surface area contributed by atoms with Crippen molar-refractivity contribution < 1.29 is 4.74 Å². The fraction of sp³-hybridized carbons (Fsp3) is 0.0400. The zero-order valence-corrected chi connectivity index (χ0v) is 43.2. The molecular weight excluding hydrogens is 963 g/mol. The van der Waals surface area contributed by atoms with E-state index in [0.717, 1.165) is 39.7 Å². The number of rotatable bonds is 5. The summed E-state index contributed by atoms with van der Waals surface area (Å²) in [5, 5.41) is 0. The van der Waals surface area contributed by atoms with Gasteiger partial charge in [0.05, 0.1) is 27.6 Å². The van der Waals surface area contributed by atoms with Gasteiger partial charge in [-0.25, -0.2) is 0 Å². The van der Waals surface area contributed by atoms with Crippen LogP contribution in [0.4, 0.5) is 17.1 Å². The third-order valence-electron chi connectivity index (χ3n) is 17.9. The summed E-state index contributed by atoms with van der Waals surface area (Å²) in [6.07, 6.45) is 0. The van der Waals surface area contributed by atoms with Crippen molar-refractivity contribution in [2.45, 2.75) is 26.0 Å². The van der Waals surface area contributed by atoms with Crippen LogP contribution in [0.1, 0.15) is 66.8 Å². The largest absolute Gasteiger partial charge is 0.457 e. The lowest BCUT2D eigenvalue weighted by Gasteiger charge is -2.40. The fourth-order valence-electron chi connectivity index (χ4n) is 15.1. The molecule has 2 heterocycles. The first-order valence-electron chi connectivity index (χ1n) is 27.1. The summed E-state index contributed by atoms with van der Waals surface area (Å²) in [6, 6.07) is 107. The average molecular weight is 1010 g/mol. The Morgan fingerprint density at radius 2 is 0.654 bits per heavy atom. The topological polar surface area (TPSA) is 12.5 Å². The van der Waals surface area contributed by atoms with Crippen LogP contribution in [0.5, 0.6) is 11.5 Å². The van der Waals surface area contributed by atoms with Gasteiger partial charge in [-0.15, -0.1) is 0 Å². The van der Waals surface area contributed by atoms with Crippen molar-refractivity contribution in [1.29, 1.82) is 0 Å². The minimum atomic E-state index is -0.599. The minimum Gasteiger partial charge on any atom is -0.457 e. The van der Waals surface area contributed by atoms with Gasteiger partial charge in [0, 0.05) is 37.7 Å². The third-order valence-corrected chi connectivity index (χ3v) is 19.0. The van der Waals surface area contributed by atoms with Gasteiger partial charge in [0.1, 0.15) is 11.5 Å². The molecule has 2 spiro atoms. The molecule has 3 heteroatoms. The number of benzene rings is 12. The highest BCUT2D eigenvalue weighted by Gasteiger charge is 2.54. The van der Waals surface area contributed by atoms with Crippen molar-refractivity contribution in [2.75, 3.05) is 4.90 Å². The van der Waals surface area contributed by atoms with E-state index in [1.807, 2.05) is 11.8 Å². The van der Waals surface area contributed by atoms with Gasteiger partial charge in [0.15, 0.2) is 0 Å². The molecule has 0 bridgehead atoms. The number of hydrogen-bond donors (Lipinski definition) is 0. The van der Waals surface area contributed by atoms with Gasteiger partial charge in [-0.2, -0.15) is 0 Å². The van der Waals surface area contributed by atoms with Crippen molar-refractivity contribution in [1.82, 2.24) is 0 Å². The summed E-state index contributed by atoms with van der Waals surface area (Å²) in [5.41, 5.74) is 24.1. The van der Waals surface area contributed by atoms with Crippen molar-refractivity contribution in [3.8, 4) is 44.9 Å². The molecule has 2 aliphatic heterocycles. The smallest absolute Gasteiger partial charge is 0.132 e. The van der Waals surface area contributed by atoms with Gasteiger partial charge >= 0.3 is 0 Å². The van der Waals surface area contributed by atoms with Gasteiger partial charge in [-0.3, -0.25) is 0 Å². The standard InChI is InChI=1S/C75H47NOS/c1-3-23-48(24-4-1)73(49-25-5-2-6-26-49)56-31-11-8-28-52(56)71-63(73)37-21-39-65(71)76(50-45-46-58-54(47-50)51-27-7-10-30-55(51)74(58)59-33-13-17-41-67(59)77-68-42-18-14-34-60(68)74)66-40-22-38-64-72(66)53-29-9-12-32-57(53)75(64)61-35-15-19-43-69(61)78-70-44-20-16-36-62(70)75/h1-47H. The first-order chi connectivity index (χ1) is 38.7. The number of ether oxygens (including phenoxy) is 1. The molecule has 0 unspecified atom stereocenters. The molecule has 0 amide bonds. The minimum absolute atomic E-state index is 0.555. The maximum absolute atomic E-state index is 6.78. The maximum atomic E-state index is 6.78. The second-order valence-corrected chi connectivity index (χ2v) is 22.4. The lowest BCUT2D eigenvalue weighted by atomic mass is 9.66. The molecule has 0 fully saturated rings. The second kappa shape index (κ2) is 16.3. The molecular formula is C75H47NOS. The van der Waals surface area contributed by atoms with Crippen molar-refractivity contribution >= 4 is 28.8 Å². The van der Waals surface area contributed by atoms with Crippen molar-refractivity contribution in [3.63, 3.8) is 0 Å². The van der Waals surface area contributed by atoms with E-state index in [2.05, 4.69) is 290 Å². The van der Waals surface area contributed by atoms with E-state index in [1.165, 1.54) is 98.8 Å². The Kier molecular flexibility index (Phi) is 9.15. The number of hydrogen-bond acceptors (Lipinski definition) is 3. The van der Waals surface area contributed by atoms with Gasteiger partial charge < -0.3 is 9.64 Å². The molecule has 12 aromatic rings. The number of nitrogens with zero attached hydrogens (tertiary/aromatic N) is 1. The van der Waals surface area contributed by atoms with E-state index in [9.17, 15) is 0 Å². The summed E-state index contributed by atoms with van der Waals surface area (Å²) in [7, 11) is 0.